The zero-order valence-electron chi connectivity index (χ0n) is 17.3. The third-order valence-electron chi connectivity index (χ3n) is 5.73. The molecular weight excluding hydrogens is 348 g/mol. The molecule has 3 rings (SSSR count). The number of piperidine rings is 1. The number of carbonyl (C=O) groups excluding carboxylic acids is 1. The van der Waals surface area contributed by atoms with Gasteiger partial charge in [-0.2, -0.15) is 0 Å². The fraction of sp³-hybridized carbons (Fsp3) is 0.458. The third-order valence-corrected chi connectivity index (χ3v) is 5.73. The van der Waals surface area contributed by atoms with E-state index in [1.807, 2.05) is 24.3 Å². The second-order valence-corrected chi connectivity index (χ2v) is 7.93. The van der Waals surface area contributed by atoms with E-state index in [2.05, 4.69) is 55.3 Å². The van der Waals surface area contributed by atoms with Crippen molar-refractivity contribution < 1.29 is 9.53 Å². The number of nitrogens with zero attached hydrogens (tertiary/aromatic N) is 1. The summed E-state index contributed by atoms with van der Waals surface area (Å²) < 4.78 is 5.62. The molecule has 1 aliphatic rings. The van der Waals surface area contributed by atoms with E-state index in [0.29, 0.717) is 5.92 Å². The Labute approximate surface area is 168 Å². The fourth-order valence-corrected chi connectivity index (χ4v) is 3.50. The second kappa shape index (κ2) is 9.63. The predicted molar refractivity (Wildman–Crippen MR) is 116 cm³/mol. The highest BCUT2D eigenvalue weighted by molar-refractivity contribution is 5.92. The molecule has 1 atom stereocenters. The SMILES string of the molecule is CC[C@H](C)c1ccc(OCC(=O)Nc2ccc(N3CCC(C)CC3)cc2)cc1. The summed E-state index contributed by atoms with van der Waals surface area (Å²) in [6, 6.07) is 16.1. The first kappa shape index (κ1) is 20.2. The molecule has 1 heterocycles. The van der Waals surface area contributed by atoms with Gasteiger partial charge in [-0.3, -0.25) is 4.79 Å². The molecule has 0 aromatic heterocycles. The molecular formula is C24H32N2O2. The highest BCUT2D eigenvalue weighted by Crippen LogP contribution is 2.24. The van der Waals surface area contributed by atoms with Crippen LogP contribution in [0.1, 0.15) is 51.5 Å². The van der Waals surface area contributed by atoms with Gasteiger partial charge in [0.2, 0.25) is 0 Å². The molecule has 1 saturated heterocycles. The summed E-state index contributed by atoms with van der Waals surface area (Å²) in [6.45, 7) is 8.93. The van der Waals surface area contributed by atoms with Crippen molar-refractivity contribution in [2.24, 2.45) is 5.92 Å². The first-order valence-electron chi connectivity index (χ1n) is 10.4. The zero-order chi connectivity index (χ0) is 19.9. The van der Waals surface area contributed by atoms with E-state index in [-0.39, 0.29) is 12.5 Å². The number of ether oxygens (including phenoxy) is 1. The standard InChI is InChI=1S/C24H32N2O2/c1-4-19(3)20-5-11-23(12-6-20)28-17-24(27)25-21-7-9-22(10-8-21)26-15-13-18(2)14-16-26/h5-12,18-19H,4,13-17H2,1-3H3,(H,25,27)/t19-/m0/s1. The van der Waals surface area contributed by atoms with Crippen LogP contribution in [0.3, 0.4) is 0 Å². The van der Waals surface area contributed by atoms with Gasteiger partial charge in [0.25, 0.3) is 5.91 Å². The second-order valence-electron chi connectivity index (χ2n) is 7.93. The average Bonchev–Trinajstić information content (AvgIpc) is 2.73. The lowest BCUT2D eigenvalue weighted by Gasteiger charge is -2.32. The van der Waals surface area contributed by atoms with E-state index < -0.39 is 0 Å². The van der Waals surface area contributed by atoms with E-state index in [4.69, 9.17) is 4.74 Å². The number of anilines is 2. The molecule has 150 valence electrons. The van der Waals surface area contributed by atoms with Crippen molar-refractivity contribution in [2.45, 2.75) is 46.0 Å². The number of rotatable bonds is 7. The highest BCUT2D eigenvalue weighted by Gasteiger charge is 2.16. The summed E-state index contributed by atoms with van der Waals surface area (Å²) in [7, 11) is 0. The van der Waals surface area contributed by atoms with Crippen LogP contribution in [0.25, 0.3) is 0 Å². The van der Waals surface area contributed by atoms with Crippen LogP contribution in [0.4, 0.5) is 11.4 Å². The van der Waals surface area contributed by atoms with Crippen molar-refractivity contribution >= 4 is 17.3 Å². The molecule has 1 N–H and O–H groups in total. The Morgan fingerprint density at radius 1 is 1.11 bits per heavy atom. The quantitative estimate of drug-likeness (QED) is 0.694. The number of benzene rings is 2. The van der Waals surface area contributed by atoms with E-state index in [0.717, 1.165) is 36.9 Å². The van der Waals surface area contributed by atoms with Gasteiger partial charge in [-0.15, -0.1) is 0 Å². The topological polar surface area (TPSA) is 41.6 Å². The molecule has 0 unspecified atom stereocenters. The molecule has 0 spiro atoms. The molecule has 1 fully saturated rings. The number of hydrogen-bond donors (Lipinski definition) is 1. The van der Waals surface area contributed by atoms with Crippen molar-refractivity contribution in [1.29, 1.82) is 0 Å². The van der Waals surface area contributed by atoms with Crippen LogP contribution in [0, 0.1) is 5.92 Å². The minimum atomic E-state index is -0.148. The predicted octanol–water partition coefficient (Wildman–Crippen LogP) is 5.45. The van der Waals surface area contributed by atoms with Gasteiger partial charge in [0.1, 0.15) is 5.75 Å². The van der Waals surface area contributed by atoms with Crippen molar-refractivity contribution in [3.63, 3.8) is 0 Å². The molecule has 4 heteroatoms. The normalized spacial score (nSPS) is 15.9. The number of amides is 1. The van der Waals surface area contributed by atoms with Crippen LogP contribution in [-0.4, -0.2) is 25.6 Å². The smallest absolute Gasteiger partial charge is 0.262 e. The number of carbonyl (C=O) groups is 1. The number of hydrogen-bond acceptors (Lipinski definition) is 3. The summed E-state index contributed by atoms with van der Waals surface area (Å²) in [5, 5.41) is 2.91. The Hall–Kier alpha value is -2.49. The van der Waals surface area contributed by atoms with Gasteiger partial charge < -0.3 is 15.0 Å². The largest absolute Gasteiger partial charge is 0.484 e. The summed E-state index contributed by atoms with van der Waals surface area (Å²) in [4.78, 5) is 14.6. The Balaban J connectivity index is 1.47. The van der Waals surface area contributed by atoms with Crippen LogP contribution in [0.5, 0.6) is 5.75 Å². The van der Waals surface area contributed by atoms with Crippen molar-refractivity contribution in [3.05, 3.63) is 54.1 Å². The number of nitrogens with one attached hydrogen (secondary N) is 1. The maximum atomic E-state index is 12.2. The van der Waals surface area contributed by atoms with Crippen molar-refractivity contribution in [2.75, 3.05) is 29.9 Å². The van der Waals surface area contributed by atoms with E-state index in [9.17, 15) is 4.79 Å². The van der Waals surface area contributed by atoms with Crippen LogP contribution in [0.2, 0.25) is 0 Å². The van der Waals surface area contributed by atoms with Gasteiger partial charge in [-0.25, -0.2) is 0 Å². The minimum absolute atomic E-state index is 0.00838. The van der Waals surface area contributed by atoms with Gasteiger partial charge in [-0.1, -0.05) is 32.9 Å². The highest BCUT2D eigenvalue weighted by atomic mass is 16.5. The lowest BCUT2D eigenvalue weighted by Crippen LogP contribution is -2.32. The molecule has 2 aromatic rings. The van der Waals surface area contributed by atoms with Gasteiger partial charge in [0.05, 0.1) is 0 Å². The molecule has 0 bridgehead atoms. The van der Waals surface area contributed by atoms with Gasteiger partial charge in [-0.05, 0) is 73.1 Å². The lowest BCUT2D eigenvalue weighted by atomic mass is 9.99. The van der Waals surface area contributed by atoms with Crippen molar-refractivity contribution in [1.82, 2.24) is 0 Å². The fourth-order valence-electron chi connectivity index (χ4n) is 3.50. The summed E-state index contributed by atoms with van der Waals surface area (Å²) in [6.07, 6.45) is 3.60. The van der Waals surface area contributed by atoms with E-state index >= 15 is 0 Å². The third kappa shape index (κ3) is 5.51. The maximum absolute atomic E-state index is 12.2. The molecule has 1 aliphatic heterocycles. The molecule has 0 aliphatic carbocycles. The average molecular weight is 381 g/mol. The molecule has 2 aromatic carbocycles. The minimum Gasteiger partial charge on any atom is -0.484 e. The molecule has 28 heavy (non-hydrogen) atoms. The maximum Gasteiger partial charge on any atom is 0.262 e. The first-order chi connectivity index (χ1) is 13.5. The van der Waals surface area contributed by atoms with Gasteiger partial charge >= 0.3 is 0 Å². The molecule has 0 saturated carbocycles. The lowest BCUT2D eigenvalue weighted by molar-refractivity contribution is -0.118. The van der Waals surface area contributed by atoms with Crippen LogP contribution < -0.4 is 15.0 Å². The van der Waals surface area contributed by atoms with Crippen LogP contribution >= 0.6 is 0 Å². The van der Waals surface area contributed by atoms with Crippen LogP contribution in [0.15, 0.2) is 48.5 Å². The first-order valence-corrected chi connectivity index (χ1v) is 10.4. The Morgan fingerprint density at radius 2 is 1.75 bits per heavy atom. The summed E-state index contributed by atoms with van der Waals surface area (Å²) in [5.41, 5.74) is 3.32. The van der Waals surface area contributed by atoms with Crippen LogP contribution in [-0.2, 0) is 4.79 Å². The Bertz CT molecular complexity index is 747. The zero-order valence-corrected chi connectivity index (χ0v) is 17.3. The Kier molecular flexibility index (Phi) is 6.96. The monoisotopic (exact) mass is 380 g/mol. The molecule has 0 radical (unpaired) electrons. The molecule has 4 nitrogen and oxygen atoms in total. The van der Waals surface area contributed by atoms with Crippen molar-refractivity contribution in [3.8, 4) is 5.75 Å². The molecule has 1 amide bonds. The van der Waals surface area contributed by atoms with E-state index in [1.165, 1.54) is 24.1 Å². The van der Waals surface area contributed by atoms with Gasteiger partial charge in [0, 0.05) is 24.5 Å². The van der Waals surface area contributed by atoms with E-state index in [1.54, 1.807) is 0 Å². The summed E-state index contributed by atoms with van der Waals surface area (Å²) >= 11 is 0. The van der Waals surface area contributed by atoms with Gasteiger partial charge in [0.15, 0.2) is 6.61 Å². The Morgan fingerprint density at radius 3 is 2.36 bits per heavy atom. The summed E-state index contributed by atoms with van der Waals surface area (Å²) in [5.74, 6) is 1.93.